The van der Waals surface area contributed by atoms with Crippen LogP contribution in [0, 0.1) is 11.3 Å². The van der Waals surface area contributed by atoms with Gasteiger partial charge in [0.2, 0.25) is 0 Å². The lowest BCUT2D eigenvalue weighted by Crippen LogP contribution is -2.16. The Morgan fingerprint density at radius 2 is 1.56 bits per heavy atom. The van der Waals surface area contributed by atoms with Crippen LogP contribution in [-0.2, 0) is 14.9 Å². The van der Waals surface area contributed by atoms with Gasteiger partial charge in [0.15, 0.2) is 0 Å². The van der Waals surface area contributed by atoms with Gasteiger partial charge in [0.05, 0.1) is 11.3 Å². The highest BCUT2D eigenvalue weighted by molar-refractivity contribution is 7.87. The largest absolute Gasteiger partial charge is 0.478 e. The second-order valence-corrected chi connectivity index (χ2v) is 7.94. The predicted molar refractivity (Wildman–Crippen MR) is 116 cm³/mol. The summed E-state index contributed by atoms with van der Waals surface area (Å²) in [6, 6.07) is 21.0. The summed E-state index contributed by atoms with van der Waals surface area (Å²) in [4.78, 5) is 23.7. The zero-order chi connectivity index (χ0) is 23.1. The maximum absolute atomic E-state index is 12.4. The minimum Gasteiger partial charge on any atom is -0.478 e. The van der Waals surface area contributed by atoms with E-state index < -0.39 is 22.0 Å². The van der Waals surface area contributed by atoms with Crippen LogP contribution in [0.3, 0.4) is 0 Å². The van der Waals surface area contributed by atoms with Gasteiger partial charge in [-0.05, 0) is 48.0 Å². The number of carbonyl (C=O) groups excluding carboxylic acids is 1. The summed E-state index contributed by atoms with van der Waals surface area (Å²) >= 11 is 0. The van der Waals surface area contributed by atoms with Crippen molar-refractivity contribution in [3.05, 3.63) is 95.6 Å². The number of rotatable bonds is 7. The Hall–Kier alpha value is -4.42. The van der Waals surface area contributed by atoms with Crippen LogP contribution < -0.4 is 9.50 Å². The summed E-state index contributed by atoms with van der Waals surface area (Å²) in [5.74, 6) is -1.94. The number of carbonyl (C=O) groups is 2. The third-order valence-electron chi connectivity index (χ3n) is 4.20. The number of aromatic carboxylic acids is 1. The quantitative estimate of drug-likeness (QED) is 0.320. The van der Waals surface area contributed by atoms with Gasteiger partial charge >= 0.3 is 16.1 Å². The normalized spacial score (nSPS) is 11.3. The van der Waals surface area contributed by atoms with Crippen LogP contribution in [0.1, 0.15) is 15.9 Å². The van der Waals surface area contributed by atoms with Crippen molar-refractivity contribution in [3.63, 3.8) is 0 Å². The van der Waals surface area contributed by atoms with Crippen molar-refractivity contribution < 1.29 is 27.3 Å². The molecule has 0 saturated heterocycles. The van der Waals surface area contributed by atoms with Gasteiger partial charge in [-0.2, -0.15) is 13.7 Å². The highest BCUT2D eigenvalue weighted by atomic mass is 32.2. The van der Waals surface area contributed by atoms with E-state index in [2.05, 4.69) is 5.32 Å². The number of hydrogen-bond donors (Lipinski definition) is 2. The van der Waals surface area contributed by atoms with E-state index in [1.807, 2.05) is 0 Å². The van der Waals surface area contributed by atoms with Crippen molar-refractivity contribution in [1.29, 1.82) is 5.26 Å². The van der Waals surface area contributed by atoms with Crippen LogP contribution in [0.2, 0.25) is 0 Å². The number of amides is 1. The van der Waals surface area contributed by atoms with Crippen molar-refractivity contribution in [1.82, 2.24) is 0 Å². The van der Waals surface area contributed by atoms with E-state index >= 15 is 0 Å². The van der Waals surface area contributed by atoms with Crippen molar-refractivity contribution in [2.75, 3.05) is 5.32 Å². The Bertz CT molecular complexity index is 1320. The Labute approximate surface area is 184 Å². The number of anilines is 1. The Morgan fingerprint density at radius 3 is 2.19 bits per heavy atom. The van der Waals surface area contributed by atoms with Gasteiger partial charge in [0, 0.05) is 0 Å². The average molecular weight is 448 g/mol. The number of carboxylic acids is 1. The molecule has 0 saturated carbocycles. The lowest BCUT2D eigenvalue weighted by Gasteiger charge is -2.08. The molecule has 3 aromatic rings. The van der Waals surface area contributed by atoms with Gasteiger partial charge in [-0.1, -0.05) is 42.5 Å². The fourth-order valence-corrected chi connectivity index (χ4v) is 3.62. The lowest BCUT2D eigenvalue weighted by atomic mass is 10.1. The lowest BCUT2D eigenvalue weighted by molar-refractivity contribution is -0.112. The first-order valence-corrected chi connectivity index (χ1v) is 10.6. The summed E-state index contributed by atoms with van der Waals surface area (Å²) in [7, 11) is -3.99. The average Bonchev–Trinajstić information content (AvgIpc) is 2.79. The summed E-state index contributed by atoms with van der Waals surface area (Å²) in [5.41, 5.74) is 0.115. The highest BCUT2D eigenvalue weighted by Crippen LogP contribution is 2.21. The molecule has 0 radical (unpaired) electrons. The number of carboxylic acid groups (broad SMARTS) is 1. The van der Waals surface area contributed by atoms with E-state index in [-0.39, 0.29) is 27.5 Å². The van der Waals surface area contributed by atoms with Crippen molar-refractivity contribution >= 4 is 33.8 Å². The standard InChI is InChI=1S/C23H16N2O6S/c24-15-17(22(26)25-21-9-5-4-8-20(21)23(27)28)14-16-10-12-18(13-11-16)31-32(29,30)19-6-2-1-3-7-19/h1-14H,(H,25,26)(H,27,28)/b17-14+. The van der Waals surface area contributed by atoms with Crippen molar-refractivity contribution in [3.8, 4) is 11.8 Å². The van der Waals surface area contributed by atoms with E-state index in [0.717, 1.165) is 0 Å². The number of nitrogens with one attached hydrogen (secondary N) is 1. The topological polar surface area (TPSA) is 134 Å². The summed E-state index contributed by atoms with van der Waals surface area (Å²) in [6.45, 7) is 0. The van der Waals surface area contributed by atoms with Crippen molar-refractivity contribution in [2.24, 2.45) is 0 Å². The third kappa shape index (κ3) is 5.38. The van der Waals surface area contributed by atoms with Crippen LogP contribution in [0.4, 0.5) is 5.69 Å². The fraction of sp³-hybridized carbons (Fsp3) is 0. The minimum absolute atomic E-state index is 0.00838. The molecule has 0 heterocycles. The molecule has 9 heteroatoms. The van der Waals surface area contributed by atoms with Gasteiger partial charge in [-0.25, -0.2) is 4.79 Å². The van der Waals surface area contributed by atoms with Gasteiger partial charge < -0.3 is 14.6 Å². The van der Waals surface area contributed by atoms with Crippen LogP contribution in [0.25, 0.3) is 6.08 Å². The highest BCUT2D eigenvalue weighted by Gasteiger charge is 2.17. The molecule has 0 atom stereocenters. The maximum Gasteiger partial charge on any atom is 0.339 e. The molecule has 0 aliphatic rings. The molecule has 0 unspecified atom stereocenters. The molecule has 8 nitrogen and oxygen atoms in total. The van der Waals surface area contributed by atoms with Gasteiger partial charge in [0.25, 0.3) is 5.91 Å². The second-order valence-electron chi connectivity index (χ2n) is 6.39. The number of nitriles is 1. The molecule has 0 bridgehead atoms. The van der Waals surface area contributed by atoms with Gasteiger partial charge in [-0.3, -0.25) is 4.79 Å². The molecule has 1 amide bonds. The molecule has 3 rings (SSSR count). The molecule has 2 N–H and O–H groups in total. The Balaban J connectivity index is 1.76. The monoisotopic (exact) mass is 448 g/mol. The zero-order valence-electron chi connectivity index (χ0n) is 16.4. The SMILES string of the molecule is N#C/C(=C\c1ccc(OS(=O)(=O)c2ccccc2)cc1)C(=O)Nc1ccccc1C(=O)O. The van der Waals surface area contributed by atoms with Crippen LogP contribution in [-0.4, -0.2) is 25.4 Å². The molecule has 32 heavy (non-hydrogen) atoms. The number of para-hydroxylation sites is 1. The van der Waals surface area contributed by atoms with Gasteiger partial charge in [-0.15, -0.1) is 0 Å². The fourth-order valence-electron chi connectivity index (χ4n) is 2.67. The number of nitrogens with zero attached hydrogens (tertiary/aromatic N) is 1. The van der Waals surface area contributed by atoms with E-state index in [1.165, 1.54) is 60.7 Å². The first-order chi connectivity index (χ1) is 15.3. The molecule has 160 valence electrons. The molecule has 0 spiro atoms. The van der Waals surface area contributed by atoms with Crippen LogP contribution in [0.15, 0.2) is 89.3 Å². The smallest absolute Gasteiger partial charge is 0.339 e. The van der Waals surface area contributed by atoms with Gasteiger partial charge in [0.1, 0.15) is 22.3 Å². The summed E-state index contributed by atoms with van der Waals surface area (Å²) in [5, 5.41) is 21.0. The van der Waals surface area contributed by atoms with E-state index in [0.29, 0.717) is 5.56 Å². The molecule has 0 aliphatic heterocycles. The molecule has 0 aliphatic carbocycles. The maximum atomic E-state index is 12.4. The minimum atomic E-state index is -3.99. The second kappa shape index (κ2) is 9.59. The molecular formula is C23H16N2O6S. The summed E-state index contributed by atoms with van der Waals surface area (Å²) in [6.07, 6.45) is 1.29. The van der Waals surface area contributed by atoms with Crippen molar-refractivity contribution in [2.45, 2.75) is 4.90 Å². The van der Waals surface area contributed by atoms with E-state index in [9.17, 15) is 28.4 Å². The number of benzene rings is 3. The Morgan fingerprint density at radius 1 is 0.938 bits per heavy atom. The predicted octanol–water partition coefficient (Wildman–Crippen LogP) is 3.70. The Kier molecular flexibility index (Phi) is 6.68. The van der Waals surface area contributed by atoms with Crippen LogP contribution >= 0.6 is 0 Å². The van der Waals surface area contributed by atoms with E-state index in [1.54, 1.807) is 30.3 Å². The zero-order valence-corrected chi connectivity index (χ0v) is 17.2. The molecule has 0 aromatic heterocycles. The first-order valence-electron chi connectivity index (χ1n) is 9.15. The molecular weight excluding hydrogens is 432 g/mol. The summed E-state index contributed by atoms with van der Waals surface area (Å²) < 4.78 is 29.6. The molecule has 3 aromatic carbocycles. The molecule has 0 fully saturated rings. The number of hydrogen-bond acceptors (Lipinski definition) is 6. The van der Waals surface area contributed by atoms with Crippen LogP contribution in [0.5, 0.6) is 5.75 Å². The first kappa shape index (κ1) is 22.3. The van der Waals surface area contributed by atoms with E-state index in [4.69, 9.17) is 4.18 Å². The third-order valence-corrected chi connectivity index (χ3v) is 5.46.